The molecule has 1 aromatic carbocycles. The van der Waals surface area contributed by atoms with Crippen LogP contribution in [-0.4, -0.2) is 5.54 Å². The molecule has 0 aliphatic heterocycles. The molecule has 2 heteroatoms. The monoisotopic (exact) mass is 195 g/mol. The lowest BCUT2D eigenvalue weighted by Gasteiger charge is -2.08. The zero-order valence-corrected chi connectivity index (χ0v) is 8.35. The molecular formula is C11H14ClN. The summed E-state index contributed by atoms with van der Waals surface area (Å²) in [5, 5.41) is 0.867. The number of halogens is 1. The van der Waals surface area contributed by atoms with Gasteiger partial charge in [0.05, 0.1) is 0 Å². The summed E-state index contributed by atoms with van der Waals surface area (Å²) >= 11 is 6.03. The second-order valence-corrected chi connectivity index (χ2v) is 4.36. The Kier molecular flexibility index (Phi) is 2.31. The fourth-order valence-corrected chi connectivity index (χ4v) is 1.73. The van der Waals surface area contributed by atoms with E-state index in [0.717, 1.165) is 17.9 Å². The van der Waals surface area contributed by atoms with Crippen molar-refractivity contribution in [2.45, 2.75) is 31.2 Å². The van der Waals surface area contributed by atoms with E-state index in [2.05, 4.69) is 6.07 Å². The van der Waals surface area contributed by atoms with Gasteiger partial charge in [-0.05, 0) is 37.3 Å². The van der Waals surface area contributed by atoms with Gasteiger partial charge in [-0.2, -0.15) is 0 Å². The van der Waals surface area contributed by atoms with Gasteiger partial charge in [0.2, 0.25) is 0 Å². The number of hydrogen-bond donors (Lipinski definition) is 1. The summed E-state index contributed by atoms with van der Waals surface area (Å²) in [7, 11) is 0. The Morgan fingerprint density at radius 3 is 2.62 bits per heavy atom. The number of nitrogens with two attached hydrogens (primary N) is 1. The third-order valence-electron chi connectivity index (χ3n) is 2.74. The standard InChI is InChI=1S/C11H14ClN/c12-10-4-2-1-3-9(10)5-6-11(13)7-8-11/h1-4H,5-8,13H2. The summed E-state index contributed by atoms with van der Waals surface area (Å²) in [4.78, 5) is 0. The van der Waals surface area contributed by atoms with E-state index in [4.69, 9.17) is 17.3 Å². The third-order valence-corrected chi connectivity index (χ3v) is 3.11. The molecule has 70 valence electrons. The van der Waals surface area contributed by atoms with E-state index in [9.17, 15) is 0 Å². The van der Waals surface area contributed by atoms with Crippen molar-refractivity contribution < 1.29 is 0 Å². The first kappa shape index (κ1) is 9.04. The molecule has 1 nitrogen and oxygen atoms in total. The molecule has 1 aliphatic carbocycles. The molecule has 2 N–H and O–H groups in total. The lowest BCUT2D eigenvalue weighted by molar-refractivity contribution is 0.609. The van der Waals surface area contributed by atoms with Crippen LogP contribution in [0.25, 0.3) is 0 Å². The van der Waals surface area contributed by atoms with Crippen LogP contribution in [0, 0.1) is 0 Å². The first-order valence-electron chi connectivity index (χ1n) is 4.72. The van der Waals surface area contributed by atoms with Crippen molar-refractivity contribution >= 4 is 11.6 Å². The average molecular weight is 196 g/mol. The molecule has 0 radical (unpaired) electrons. The number of hydrogen-bond acceptors (Lipinski definition) is 1. The quantitative estimate of drug-likeness (QED) is 0.789. The highest BCUT2D eigenvalue weighted by molar-refractivity contribution is 6.31. The molecule has 1 aromatic rings. The lowest BCUT2D eigenvalue weighted by atomic mass is 10.0. The van der Waals surface area contributed by atoms with E-state index < -0.39 is 0 Å². The van der Waals surface area contributed by atoms with Crippen LogP contribution in [0.5, 0.6) is 0 Å². The number of benzene rings is 1. The molecule has 0 unspecified atom stereocenters. The maximum absolute atomic E-state index is 6.03. The second-order valence-electron chi connectivity index (χ2n) is 3.95. The summed E-state index contributed by atoms with van der Waals surface area (Å²) in [5.41, 5.74) is 7.36. The van der Waals surface area contributed by atoms with Crippen LogP contribution in [0.1, 0.15) is 24.8 Å². The number of aryl methyl sites for hydroxylation is 1. The molecule has 1 fully saturated rings. The molecule has 13 heavy (non-hydrogen) atoms. The first-order valence-corrected chi connectivity index (χ1v) is 5.10. The Balaban J connectivity index is 1.97. The molecule has 2 rings (SSSR count). The Bertz CT molecular complexity index is 305. The molecule has 0 atom stereocenters. The van der Waals surface area contributed by atoms with E-state index in [1.807, 2.05) is 18.2 Å². The Labute approximate surface area is 83.9 Å². The van der Waals surface area contributed by atoms with E-state index in [-0.39, 0.29) is 5.54 Å². The molecular weight excluding hydrogens is 182 g/mol. The summed E-state index contributed by atoms with van der Waals surface area (Å²) in [6.07, 6.45) is 4.43. The molecule has 0 spiro atoms. The fourth-order valence-electron chi connectivity index (χ4n) is 1.50. The van der Waals surface area contributed by atoms with E-state index >= 15 is 0 Å². The van der Waals surface area contributed by atoms with Crippen molar-refractivity contribution in [3.05, 3.63) is 34.9 Å². The van der Waals surface area contributed by atoms with Crippen LogP contribution in [0.4, 0.5) is 0 Å². The Morgan fingerprint density at radius 1 is 1.31 bits per heavy atom. The predicted octanol–water partition coefficient (Wildman–Crippen LogP) is 2.76. The highest BCUT2D eigenvalue weighted by Crippen LogP contribution is 2.37. The summed E-state index contributed by atoms with van der Waals surface area (Å²) in [6.45, 7) is 0. The van der Waals surface area contributed by atoms with Gasteiger partial charge < -0.3 is 5.73 Å². The number of rotatable bonds is 3. The minimum atomic E-state index is 0.138. The second kappa shape index (κ2) is 3.32. The summed E-state index contributed by atoms with van der Waals surface area (Å²) in [5.74, 6) is 0. The summed E-state index contributed by atoms with van der Waals surface area (Å²) < 4.78 is 0. The minimum absolute atomic E-state index is 0.138. The Morgan fingerprint density at radius 2 is 2.00 bits per heavy atom. The van der Waals surface area contributed by atoms with Crippen LogP contribution in [-0.2, 0) is 6.42 Å². The van der Waals surface area contributed by atoms with Crippen molar-refractivity contribution in [1.29, 1.82) is 0 Å². The first-order chi connectivity index (χ1) is 6.20. The van der Waals surface area contributed by atoms with Gasteiger partial charge in [0.25, 0.3) is 0 Å². The maximum atomic E-state index is 6.03. The van der Waals surface area contributed by atoms with Gasteiger partial charge in [0.15, 0.2) is 0 Å². The molecule has 1 saturated carbocycles. The maximum Gasteiger partial charge on any atom is 0.0437 e. The van der Waals surface area contributed by atoms with E-state index in [1.165, 1.54) is 18.4 Å². The van der Waals surface area contributed by atoms with E-state index in [1.54, 1.807) is 0 Å². The topological polar surface area (TPSA) is 26.0 Å². The van der Waals surface area contributed by atoms with Crippen LogP contribution in [0.3, 0.4) is 0 Å². The zero-order valence-electron chi connectivity index (χ0n) is 7.59. The molecule has 0 heterocycles. The minimum Gasteiger partial charge on any atom is -0.325 e. The van der Waals surface area contributed by atoms with Crippen LogP contribution in [0.2, 0.25) is 5.02 Å². The van der Waals surface area contributed by atoms with Crippen LogP contribution >= 0.6 is 11.6 Å². The largest absolute Gasteiger partial charge is 0.325 e. The SMILES string of the molecule is NC1(CCc2ccccc2Cl)CC1. The summed E-state index contributed by atoms with van der Waals surface area (Å²) in [6, 6.07) is 8.00. The third kappa shape index (κ3) is 2.23. The van der Waals surface area contributed by atoms with Crippen molar-refractivity contribution in [3.8, 4) is 0 Å². The normalized spacial score (nSPS) is 18.6. The highest BCUT2D eigenvalue weighted by Gasteiger charge is 2.37. The van der Waals surface area contributed by atoms with Gasteiger partial charge >= 0.3 is 0 Å². The van der Waals surface area contributed by atoms with Gasteiger partial charge in [-0.3, -0.25) is 0 Å². The highest BCUT2D eigenvalue weighted by atomic mass is 35.5. The van der Waals surface area contributed by atoms with Crippen molar-refractivity contribution in [3.63, 3.8) is 0 Å². The van der Waals surface area contributed by atoms with Crippen molar-refractivity contribution in [2.24, 2.45) is 5.73 Å². The predicted molar refractivity (Wildman–Crippen MR) is 55.9 cm³/mol. The lowest BCUT2D eigenvalue weighted by Crippen LogP contribution is -2.22. The van der Waals surface area contributed by atoms with Gasteiger partial charge in [-0.25, -0.2) is 0 Å². The smallest absolute Gasteiger partial charge is 0.0437 e. The Hall–Kier alpha value is -0.530. The van der Waals surface area contributed by atoms with Gasteiger partial charge in [0, 0.05) is 10.6 Å². The van der Waals surface area contributed by atoms with Crippen LogP contribution < -0.4 is 5.73 Å². The van der Waals surface area contributed by atoms with Gasteiger partial charge in [0.1, 0.15) is 0 Å². The fraction of sp³-hybridized carbons (Fsp3) is 0.455. The van der Waals surface area contributed by atoms with Crippen LogP contribution in [0.15, 0.2) is 24.3 Å². The molecule has 0 bridgehead atoms. The molecule has 0 aromatic heterocycles. The zero-order chi connectivity index (χ0) is 9.31. The van der Waals surface area contributed by atoms with Gasteiger partial charge in [-0.1, -0.05) is 29.8 Å². The van der Waals surface area contributed by atoms with Crippen molar-refractivity contribution in [1.82, 2.24) is 0 Å². The average Bonchev–Trinajstić information content (AvgIpc) is 2.83. The molecule has 0 saturated heterocycles. The van der Waals surface area contributed by atoms with Gasteiger partial charge in [-0.15, -0.1) is 0 Å². The molecule has 0 amide bonds. The van der Waals surface area contributed by atoms with E-state index in [0.29, 0.717) is 0 Å². The van der Waals surface area contributed by atoms with Crippen molar-refractivity contribution in [2.75, 3.05) is 0 Å². The molecule has 1 aliphatic rings.